The number of thiazole rings is 1. The van der Waals surface area contributed by atoms with E-state index < -0.39 is 5.97 Å². The molecular formula is C27H23N3O3S. The number of benzene rings is 3. The molecule has 1 unspecified atom stereocenters. The Morgan fingerprint density at radius 1 is 1.03 bits per heavy atom. The summed E-state index contributed by atoms with van der Waals surface area (Å²) in [5, 5.41) is 14.2. The summed E-state index contributed by atoms with van der Waals surface area (Å²) in [7, 11) is 0. The molecule has 170 valence electrons. The molecule has 5 aromatic rings. The molecule has 2 aromatic heterocycles. The quantitative estimate of drug-likeness (QED) is 0.227. The Hall–Kier alpha value is -4.10. The van der Waals surface area contributed by atoms with Crippen LogP contribution in [0.4, 0.5) is 5.13 Å². The summed E-state index contributed by atoms with van der Waals surface area (Å²) >= 11 is 1.53. The molecule has 0 fully saturated rings. The van der Waals surface area contributed by atoms with Crippen molar-refractivity contribution in [2.45, 2.75) is 19.4 Å². The van der Waals surface area contributed by atoms with Gasteiger partial charge in [-0.05, 0) is 55.5 Å². The minimum absolute atomic E-state index is 0.0170. The summed E-state index contributed by atoms with van der Waals surface area (Å²) in [5.41, 5.74) is 3.93. The zero-order valence-corrected chi connectivity index (χ0v) is 19.3. The molecule has 0 amide bonds. The molecule has 0 aliphatic rings. The molecule has 34 heavy (non-hydrogen) atoms. The lowest BCUT2D eigenvalue weighted by atomic mass is 10.0. The monoisotopic (exact) mass is 469 g/mol. The van der Waals surface area contributed by atoms with Gasteiger partial charge >= 0.3 is 5.97 Å². The Kier molecular flexibility index (Phi) is 6.01. The maximum atomic E-state index is 11.1. The van der Waals surface area contributed by atoms with Crippen LogP contribution in [-0.4, -0.2) is 27.1 Å². The number of nitrogens with zero attached hydrogens (tertiary/aromatic N) is 1. The molecule has 5 rings (SSSR count). The lowest BCUT2D eigenvalue weighted by Crippen LogP contribution is -2.19. The molecule has 0 saturated carbocycles. The number of nitrogens with one attached hydrogen (secondary N) is 2. The number of carbonyl (C=O) groups is 1. The predicted molar refractivity (Wildman–Crippen MR) is 137 cm³/mol. The Morgan fingerprint density at radius 2 is 1.79 bits per heavy atom. The van der Waals surface area contributed by atoms with Crippen molar-refractivity contribution in [2.24, 2.45) is 0 Å². The molecule has 3 N–H and O–H groups in total. The molecule has 0 bridgehead atoms. The molecule has 0 aliphatic heterocycles. The zero-order valence-electron chi connectivity index (χ0n) is 18.5. The Bertz CT molecular complexity index is 1420. The number of rotatable bonds is 8. The first-order valence-electron chi connectivity index (χ1n) is 11.0. The highest BCUT2D eigenvalue weighted by atomic mass is 32.1. The van der Waals surface area contributed by atoms with Crippen molar-refractivity contribution in [3.8, 4) is 33.2 Å². The van der Waals surface area contributed by atoms with Crippen molar-refractivity contribution < 1.29 is 14.6 Å². The smallest absolute Gasteiger partial charge is 0.305 e. The van der Waals surface area contributed by atoms with Crippen LogP contribution in [0.1, 0.15) is 13.3 Å². The standard InChI is InChI=1S/C27H23N3O3S/c1-17(16-24(31)32)29-27-30-25(26(34-27)22-8-5-9-23-21(22)14-15-28-23)18-10-12-20(13-11-18)33-19-6-3-2-4-7-19/h2-15,17,28H,16H2,1H3,(H,29,30)(H,31,32). The number of ether oxygens (including phenoxy) is 1. The van der Waals surface area contributed by atoms with Gasteiger partial charge in [0.1, 0.15) is 11.5 Å². The van der Waals surface area contributed by atoms with Gasteiger partial charge in [-0.15, -0.1) is 0 Å². The molecule has 3 aromatic carbocycles. The average molecular weight is 470 g/mol. The van der Waals surface area contributed by atoms with Crippen molar-refractivity contribution in [3.63, 3.8) is 0 Å². The van der Waals surface area contributed by atoms with Gasteiger partial charge in [0.2, 0.25) is 0 Å². The van der Waals surface area contributed by atoms with Crippen LogP contribution in [0, 0.1) is 0 Å². The van der Waals surface area contributed by atoms with E-state index in [-0.39, 0.29) is 12.5 Å². The van der Waals surface area contributed by atoms with Crippen LogP contribution in [0.15, 0.2) is 85.1 Å². The number of hydrogen-bond acceptors (Lipinski definition) is 5. The number of hydrogen-bond donors (Lipinski definition) is 3. The summed E-state index contributed by atoms with van der Waals surface area (Å²) in [6.45, 7) is 1.84. The zero-order chi connectivity index (χ0) is 23.5. The van der Waals surface area contributed by atoms with Crippen LogP contribution in [0.3, 0.4) is 0 Å². The first-order valence-corrected chi connectivity index (χ1v) is 11.8. The molecule has 7 heteroatoms. The lowest BCUT2D eigenvalue weighted by molar-refractivity contribution is -0.137. The largest absolute Gasteiger partial charge is 0.481 e. The van der Waals surface area contributed by atoms with Crippen LogP contribution >= 0.6 is 11.3 Å². The van der Waals surface area contributed by atoms with Crippen LogP contribution in [0.25, 0.3) is 32.6 Å². The average Bonchev–Trinajstić information content (AvgIpc) is 3.47. The third-order valence-corrected chi connectivity index (χ3v) is 6.44. The summed E-state index contributed by atoms with van der Waals surface area (Å²) in [6.07, 6.45) is 1.95. The van der Waals surface area contributed by atoms with E-state index >= 15 is 0 Å². The molecule has 6 nitrogen and oxygen atoms in total. The highest BCUT2D eigenvalue weighted by molar-refractivity contribution is 7.19. The Balaban J connectivity index is 1.52. The topological polar surface area (TPSA) is 87.2 Å². The highest BCUT2D eigenvalue weighted by Gasteiger charge is 2.19. The maximum absolute atomic E-state index is 11.1. The van der Waals surface area contributed by atoms with Gasteiger partial charge in [-0.3, -0.25) is 4.79 Å². The second kappa shape index (κ2) is 9.41. The van der Waals surface area contributed by atoms with Crippen LogP contribution in [0.5, 0.6) is 11.5 Å². The summed E-state index contributed by atoms with van der Waals surface area (Å²) in [5.74, 6) is 0.679. The third kappa shape index (κ3) is 4.65. The van der Waals surface area contributed by atoms with Crippen LogP contribution < -0.4 is 10.1 Å². The Morgan fingerprint density at radius 3 is 2.56 bits per heavy atom. The summed E-state index contributed by atoms with van der Waals surface area (Å²) < 4.78 is 5.94. The number of carboxylic acid groups (broad SMARTS) is 1. The second-order valence-corrected chi connectivity index (χ2v) is 9.02. The first kappa shape index (κ1) is 21.7. The number of H-pyrrole nitrogens is 1. The number of aromatic nitrogens is 2. The minimum Gasteiger partial charge on any atom is -0.481 e. The molecular weight excluding hydrogens is 446 g/mol. The van der Waals surface area contributed by atoms with Crippen molar-refractivity contribution in [1.29, 1.82) is 0 Å². The molecule has 1 atom stereocenters. The second-order valence-electron chi connectivity index (χ2n) is 8.02. The fourth-order valence-electron chi connectivity index (χ4n) is 3.87. The number of para-hydroxylation sites is 1. The third-order valence-electron chi connectivity index (χ3n) is 5.42. The van der Waals surface area contributed by atoms with Gasteiger partial charge in [0.25, 0.3) is 0 Å². The van der Waals surface area contributed by atoms with Gasteiger partial charge in [0.15, 0.2) is 5.13 Å². The molecule has 0 spiro atoms. The van der Waals surface area contributed by atoms with E-state index in [1.165, 1.54) is 11.3 Å². The van der Waals surface area contributed by atoms with Gasteiger partial charge in [-0.1, -0.05) is 41.7 Å². The van der Waals surface area contributed by atoms with Gasteiger partial charge in [0, 0.05) is 34.3 Å². The lowest BCUT2D eigenvalue weighted by Gasteiger charge is -2.09. The fourth-order valence-corrected chi connectivity index (χ4v) is 5.01. The van der Waals surface area contributed by atoms with E-state index in [2.05, 4.69) is 22.4 Å². The molecule has 0 aliphatic carbocycles. The van der Waals surface area contributed by atoms with Gasteiger partial charge < -0.3 is 20.1 Å². The van der Waals surface area contributed by atoms with Crippen molar-refractivity contribution in [2.75, 3.05) is 5.32 Å². The van der Waals surface area contributed by atoms with E-state index in [4.69, 9.17) is 14.8 Å². The number of fused-ring (bicyclic) bond motifs is 1. The van der Waals surface area contributed by atoms with Crippen molar-refractivity contribution in [1.82, 2.24) is 9.97 Å². The molecule has 2 heterocycles. The van der Waals surface area contributed by atoms with Gasteiger partial charge in [-0.2, -0.15) is 0 Å². The van der Waals surface area contributed by atoms with E-state index in [0.717, 1.165) is 44.1 Å². The SMILES string of the molecule is CC(CC(=O)O)Nc1nc(-c2ccc(Oc3ccccc3)cc2)c(-c2cccc3[nH]ccc23)s1. The van der Waals surface area contributed by atoms with Gasteiger partial charge in [0.05, 0.1) is 17.0 Å². The Labute approximate surface area is 200 Å². The summed E-state index contributed by atoms with van der Waals surface area (Å²) in [6, 6.07) is 25.5. The van der Waals surface area contributed by atoms with E-state index in [1.807, 2.05) is 79.9 Å². The fraction of sp³-hybridized carbons (Fsp3) is 0.111. The predicted octanol–water partition coefficient (Wildman–Crippen LogP) is 7.03. The van der Waals surface area contributed by atoms with E-state index in [0.29, 0.717) is 5.13 Å². The molecule has 0 radical (unpaired) electrons. The van der Waals surface area contributed by atoms with E-state index in [1.54, 1.807) is 0 Å². The van der Waals surface area contributed by atoms with Gasteiger partial charge in [-0.25, -0.2) is 4.98 Å². The summed E-state index contributed by atoms with van der Waals surface area (Å²) in [4.78, 5) is 20.3. The molecule has 0 saturated heterocycles. The number of aromatic amines is 1. The maximum Gasteiger partial charge on any atom is 0.305 e. The van der Waals surface area contributed by atoms with Crippen molar-refractivity contribution >= 4 is 33.3 Å². The van der Waals surface area contributed by atoms with Crippen LogP contribution in [-0.2, 0) is 4.79 Å². The normalized spacial score (nSPS) is 11.9. The van der Waals surface area contributed by atoms with Crippen molar-refractivity contribution in [3.05, 3.63) is 85.1 Å². The number of anilines is 1. The number of aliphatic carboxylic acids is 1. The number of carboxylic acids is 1. The van der Waals surface area contributed by atoms with E-state index in [9.17, 15) is 4.79 Å². The van der Waals surface area contributed by atoms with Crippen LogP contribution in [0.2, 0.25) is 0 Å². The highest BCUT2D eigenvalue weighted by Crippen LogP contribution is 2.42. The first-order chi connectivity index (χ1) is 16.6. The minimum atomic E-state index is -0.844.